The number of aromatic nitrogens is 2. The average Bonchev–Trinajstić information content (AvgIpc) is 3.08. The van der Waals surface area contributed by atoms with Crippen molar-refractivity contribution in [3.8, 4) is 5.75 Å². The first-order valence-electron chi connectivity index (χ1n) is 8.45. The summed E-state index contributed by atoms with van der Waals surface area (Å²) in [6.07, 6.45) is 2.79. The highest BCUT2D eigenvalue weighted by molar-refractivity contribution is 5.99. The molecule has 1 aromatic carbocycles. The topological polar surface area (TPSA) is 76.5 Å². The molecule has 2 heterocycles. The number of nitrogens with one attached hydrogen (secondary N) is 1. The van der Waals surface area contributed by atoms with Crippen molar-refractivity contribution < 1.29 is 14.3 Å². The van der Waals surface area contributed by atoms with Crippen molar-refractivity contribution in [1.82, 2.24) is 9.78 Å². The number of nitrogens with zero attached hydrogens (tertiary/aromatic N) is 3. The molecule has 0 radical (unpaired) electrons. The van der Waals surface area contributed by atoms with E-state index in [9.17, 15) is 9.59 Å². The molecule has 1 aromatic heterocycles. The summed E-state index contributed by atoms with van der Waals surface area (Å²) in [5.74, 6) is 1.04. The zero-order chi connectivity index (χ0) is 17.8. The van der Waals surface area contributed by atoms with Gasteiger partial charge in [-0.1, -0.05) is 19.1 Å². The smallest absolute Gasteiger partial charge is 0.265 e. The fourth-order valence-corrected chi connectivity index (χ4v) is 2.76. The van der Waals surface area contributed by atoms with E-state index < -0.39 is 0 Å². The van der Waals surface area contributed by atoms with Crippen LogP contribution in [0.2, 0.25) is 0 Å². The Morgan fingerprint density at radius 1 is 1.36 bits per heavy atom. The molecule has 1 atom stereocenters. The van der Waals surface area contributed by atoms with Crippen LogP contribution in [0, 0.1) is 0 Å². The maximum Gasteiger partial charge on any atom is 0.265 e. The highest BCUT2D eigenvalue weighted by Crippen LogP contribution is 2.31. The molecule has 1 unspecified atom stereocenters. The predicted molar refractivity (Wildman–Crippen MR) is 94.8 cm³/mol. The standard InChI is InChI=1S/C18H22N4O3/c1-3-13(2)22-16(8-10-19-22)20-17(23)9-11-21-14-6-4-5-7-15(14)25-12-18(21)24/h4-8,10,13H,3,9,11-12H2,1-2H3,(H,20,23). The summed E-state index contributed by atoms with van der Waals surface area (Å²) in [5.41, 5.74) is 0.705. The minimum Gasteiger partial charge on any atom is -0.482 e. The zero-order valence-electron chi connectivity index (χ0n) is 14.4. The molecule has 7 heteroatoms. The van der Waals surface area contributed by atoms with Gasteiger partial charge in [0.25, 0.3) is 5.91 Å². The number of carbonyl (C=O) groups is 2. The van der Waals surface area contributed by atoms with Crippen LogP contribution in [0.3, 0.4) is 0 Å². The molecule has 0 spiro atoms. The fraction of sp³-hybridized carbons (Fsp3) is 0.389. The van der Waals surface area contributed by atoms with E-state index in [4.69, 9.17) is 4.74 Å². The van der Waals surface area contributed by atoms with Crippen molar-refractivity contribution in [2.24, 2.45) is 0 Å². The maximum absolute atomic E-state index is 12.3. The number of ether oxygens (including phenoxy) is 1. The zero-order valence-corrected chi connectivity index (χ0v) is 14.4. The van der Waals surface area contributed by atoms with Gasteiger partial charge in [0.2, 0.25) is 5.91 Å². The number of anilines is 2. The second-order valence-corrected chi connectivity index (χ2v) is 6.02. The number of carbonyl (C=O) groups excluding carboxylic acids is 2. The van der Waals surface area contributed by atoms with Crippen molar-refractivity contribution in [1.29, 1.82) is 0 Å². The molecule has 1 aliphatic heterocycles. The van der Waals surface area contributed by atoms with E-state index in [0.29, 0.717) is 23.8 Å². The quantitative estimate of drug-likeness (QED) is 0.875. The van der Waals surface area contributed by atoms with Gasteiger partial charge in [-0.05, 0) is 25.5 Å². The Hall–Kier alpha value is -2.83. The number of benzene rings is 1. The third kappa shape index (κ3) is 3.65. The second-order valence-electron chi connectivity index (χ2n) is 6.02. The van der Waals surface area contributed by atoms with E-state index in [1.165, 1.54) is 0 Å². The van der Waals surface area contributed by atoms with Crippen LogP contribution >= 0.6 is 0 Å². The Bertz CT molecular complexity index is 771. The van der Waals surface area contributed by atoms with E-state index in [0.717, 1.165) is 6.42 Å². The van der Waals surface area contributed by atoms with Crippen LogP contribution in [0.5, 0.6) is 5.75 Å². The van der Waals surface area contributed by atoms with Crippen molar-refractivity contribution in [3.05, 3.63) is 36.5 Å². The van der Waals surface area contributed by atoms with Gasteiger partial charge in [-0.25, -0.2) is 4.68 Å². The van der Waals surface area contributed by atoms with Crippen LogP contribution < -0.4 is 15.0 Å². The molecule has 0 bridgehead atoms. The van der Waals surface area contributed by atoms with Gasteiger partial charge < -0.3 is 15.0 Å². The summed E-state index contributed by atoms with van der Waals surface area (Å²) < 4.78 is 7.21. The Labute approximate surface area is 146 Å². The van der Waals surface area contributed by atoms with Crippen molar-refractivity contribution in [2.75, 3.05) is 23.4 Å². The van der Waals surface area contributed by atoms with E-state index in [1.54, 1.807) is 21.8 Å². The van der Waals surface area contributed by atoms with Crippen LogP contribution in [0.15, 0.2) is 36.5 Å². The monoisotopic (exact) mass is 342 g/mol. The fourth-order valence-electron chi connectivity index (χ4n) is 2.76. The van der Waals surface area contributed by atoms with Gasteiger partial charge >= 0.3 is 0 Å². The van der Waals surface area contributed by atoms with Gasteiger partial charge in [-0.15, -0.1) is 0 Å². The Morgan fingerprint density at radius 3 is 2.96 bits per heavy atom. The van der Waals surface area contributed by atoms with E-state index >= 15 is 0 Å². The van der Waals surface area contributed by atoms with E-state index in [-0.39, 0.29) is 30.9 Å². The lowest BCUT2D eigenvalue weighted by Crippen LogP contribution is -2.40. The number of amides is 2. The molecule has 0 aliphatic carbocycles. The summed E-state index contributed by atoms with van der Waals surface area (Å²) in [4.78, 5) is 26.0. The molecule has 1 N–H and O–H groups in total. The average molecular weight is 342 g/mol. The summed E-state index contributed by atoms with van der Waals surface area (Å²) in [6, 6.07) is 9.33. The first kappa shape index (κ1) is 17.0. The molecule has 132 valence electrons. The molecule has 0 saturated heterocycles. The van der Waals surface area contributed by atoms with Crippen LogP contribution in [0.25, 0.3) is 0 Å². The van der Waals surface area contributed by atoms with E-state index in [2.05, 4.69) is 17.3 Å². The lowest BCUT2D eigenvalue weighted by Gasteiger charge is -2.29. The van der Waals surface area contributed by atoms with Crippen LogP contribution in [0.4, 0.5) is 11.5 Å². The highest BCUT2D eigenvalue weighted by Gasteiger charge is 2.25. The molecule has 3 rings (SSSR count). The van der Waals surface area contributed by atoms with Gasteiger partial charge in [-0.3, -0.25) is 9.59 Å². The number of hydrogen-bond donors (Lipinski definition) is 1. The Kier molecular flexibility index (Phi) is 5.02. The Morgan fingerprint density at radius 2 is 2.16 bits per heavy atom. The molecule has 7 nitrogen and oxygen atoms in total. The molecule has 25 heavy (non-hydrogen) atoms. The summed E-state index contributed by atoms with van der Waals surface area (Å²) >= 11 is 0. The van der Waals surface area contributed by atoms with Gasteiger partial charge in [0, 0.05) is 19.0 Å². The number of hydrogen-bond acceptors (Lipinski definition) is 4. The normalized spacial score (nSPS) is 14.6. The van der Waals surface area contributed by atoms with Gasteiger partial charge in [-0.2, -0.15) is 5.10 Å². The first-order chi connectivity index (χ1) is 12.1. The largest absolute Gasteiger partial charge is 0.482 e. The highest BCUT2D eigenvalue weighted by atomic mass is 16.5. The van der Waals surface area contributed by atoms with Gasteiger partial charge in [0.1, 0.15) is 11.6 Å². The summed E-state index contributed by atoms with van der Waals surface area (Å²) in [5, 5.41) is 7.13. The minimum absolute atomic E-state index is 0.000578. The van der Waals surface area contributed by atoms with E-state index in [1.807, 2.05) is 31.2 Å². The van der Waals surface area contributed by atoms with Crippen molar-refractivity contribution in [2.45, 2.75) is 32.7 Å². The third-order valence-electron chi connectivity index (χ3n) is 4.32. The lowest BCUT2D eigenvalue weighted by molar-refractivity contribution is -0.121. The van der Waals surface area contributed by atoms with Crippen LogP contribution in [0.1, 0.15) is 32.7 Å². The lowest BCUT2D eigenvalue weighted by atomic mass is 10.2. The van der Waals surface area contributed by atoms with Crippen LogP contribution in [-0.2, 0) is 9.59 Å². The molecule has 2 amide bonds. The number of para-hydroxylation sites is 2. The number of rotatable bonds is 6. The number of fused-ring (bicyclic) bond motifs is 1. The Balaban J connectivity index is 1.63. The predicted octanol–water partition coefficient (Wildman–Crippen LogP) is 2.61. The van der Waals surface area contributed by atoms with Gasteiger partial charge in [0.15, 0.2) is 6.61 Å². The summed E-state index contributed by atoms with van der Waals surface area (Å²) in [7, 11) is 0. The molecular formula is C18H22N4O3. The molecule has 1 aliphatic rings. The molecule has 2 aromatic rings. The SMILES string of the molecule is CCC(C)n1nccc1NC(=O)CCN1C(=O)COc2ccccc21. The summed E-state index contributed by atoms with van der Waals surface area (Å²) in [6.45, 7) is 4.42. The van der Waals surface area contributed by atoms with Crippen molar-refractivity contribution >= 4 is 23.3 Å². The maximum atomic E-state index is 12.3. The second kappa shape index (κ2) is 7.38. The third-order valence-corrected chi connectivity index (χ3v) is 4.32. The first-order valence-corrected chi connectivity index (χ1v) is 8.45. The molecule has 0 fully saturated rings. The van der Waals surface area contributed by atoms with Gasteiger partial charge in [0.05, 0.1) is 17.9 Å². The molecular weight excluding hydrogens is 320 g/mol. The molecule has 0 saturated carbocycles. The van der Waals surface area contributed by atoms with Crippen molar-refractivity contribution in [3.63, 3.8) is 0 Å². The minimum atomic E-state index is -0.151. The van der Waals surface area contributed by atoms with Crippen LogP contribution in [-0.4, -0.2) is 34.7 Å².